The molecule has 0 spiro atoms. The maximum absolute atomic E-state index is 13.5. The smallest absolute Gasteiger partial charge is 0.209 e. The molecule has 1 N–H and O–H groups in total. The summed E-state index contributed by atoms with van der Waals surface area (Å²) in [6, 6.07) is 3.40. The lowest BCUT2D eigenvalue weighted by molar-refractivity contribution is 0.529. The van der Waals surface area contributed by atoms with E-state index in [2.05, 4.69) is 20.8 Å². The molecule has 0 radical (unpaired) electrons. The average Bonchev–Trinajstić information content (AvgIpc) is 2.85. The van der Waals surface area contributed by atoms with Gasteiger partial charge in [-0.25, -0.2) is 13.5 Å². The first-order valence-electron chi connectivity index (χ1n) is 5.68. The van der Waals surface area contributed by atoms with Crippen molar-refractivity contribution < 1.29 is 8.78 Å². The third-order valence-corrected chi connectivity index (χ3v) is 3.44. The number of thioether (sulfide) groups is 1. The molecule has 0 fully saturated rings. The van der Waals surface area contributed by atoms with Crippen molar-refractivity contribution >= 4 is 11.8 Å². The number of benzene rings is 1. The summed E-state index contributed by atoms with van der Waals surface area (Å²) in [7, 11) is 1.83. The van der Waals surface area contributed by atoms with Crippen LogP contribution in [0.25, 0.3) is 0 Å². The molecule has 8 heteroatoms. The quantitative estimate of drug-likeness (QED) is 0.814. The minimum Gasteiger partial charge on any atom is -0.318 e. The third kappa shape index (κ3) is 3.71. The molecule has 2 rings (SSSR count). The Labute approximate surface area is 113 Å². The molecular weight excluding hydrogens is 272 g/mol. The van der Waals surface area contributed by atoms with Crippen LogP contribution in [0.1, 0.15) is 5.56 Å². The van der Waals surface area contributed by atoms with Gasteiger partial charge in [0.25, 0.3) is 0 Å². The van der Waals surface area contributed by atoms with Crippen molar-refractivity contribution in [1.82, 2.24) is 25.5 Å². The zero-order valence-corrected chi connectivity index (χ0v) is 11.1. The largest absolute Gasteiger partial charge is 0.318 e. The fourth-order valence-corrected chi connectivity index (χ4v) is 2.33. The number of likely N-dealkylation sites (N-methyl/N-ethyl adjacent to an activating group) is 1. The summed E-state index contributed by atoms with van der Waals surface area (Å²) in [6.45, 7) is 1.35. The van der Waals surface area contributed by atoms with Gasteiger partial charge in [0.2, 0.25) is 5.16 Å². The van der Waals surface area contributed by atoms with Gasteiger partial charge in [0, 0.05) is 17.9 Å². The number of nitrogens with one attached hydrogen (secondary N) is 1. The van der Waals surface area contributed by atoms with E-state index < -0.39 is 11.6 Å². The molecule has 1 heterocycles. The summed E-state index contributed by atoms with van der Waals surface area (Å²) < 4.78 is 28.1. The molecule has 0 saturated heterocycles. The number of hydrogen-bond acceptors (Lipinski definition) is 5. The van der Waals surface area contributed by atoms with Gasteiger partial charge in [0.15, 0.2) is 0 Å². The molecule has 0 aliphatic heterocycles. The van der Waals surface area contributed by atoms with E-state index in [0.717, 1.165) is 18.7 Å². The summed E-state index contributed by atoms with van der Waals surface area (Å²) in [5.74, 6) is -0.598. The molecule has 0 aliphatic rings. The van der Waals surface area contributed by atoms with Gasteiger partial charge in [-0.2, -0.15) is 0 Å². The number of halogens is 2. The van der Waals surface area contributed by atoms with Crippen molar-refractivity contribution in [1.29, 1.82) is 0 Å². The predicted molar refractivity (Wildman–Crippen MR) is 67.7 cm³/mol. The average molecular weight is 285 g/mol. The summed E-state index contributed by atoms with van der Waals surface area (Å²) in [5.41, 5.74) is 0.299. The van der Waals surface area contributed by atoms with Gasteiger partial charge in [-0.05, 0) is 35.7 Å². The van der Waals surface area contributed by atoms with Gasteiger partial charge in [-0.15, -0.1) is 5.10 Å². The Hall–Kier alpha value is -1.54. The summed E-state index contributed by atoms with van der Waals surface area (Å²) in [6.07, 6.45) is 0. The fraction of sp³-hybridized carbons (Fsp3) is 0.364. The van der Waals surface area contributed by atoms with Crippen LogP contribution < -0.4 is 5.32 Å². The van der Waals surface area contributed by atoms with Crippen LogP contribution >= 0.6 is 11.8 Å². The number of nitrogens with zero attached hydrogens (tertiary/aromatic N) is 4. The van der Waals surface area contributed by atoms with Gasteiger partial charge in [0.05, 0.1) is 6.54 Å². The Morgan fingerprint density at radius 2 is 2.21 bits per heavy atom. The Morgan fingerprint density at radius 3 is 3.00 bits per heavy atom. The van der Waals surface area contributed by atoms with Gasteiger partial charge in [0.1, 0.15) is 11.6 Å². The van der Waals surface area contributed by atoms with Crippen LogP contribution in [0.3, 0.4) is 0 Å². The fourth-order valence-electron chi connectivity index (χ4n) is 1.45. The maximum atomic E-state index is 13.5. The molecule has 1 aromatic heterocycles. The van der Waals surface area contributed by atoms with Gasteiger partial charge in [-0.3, -0.25) is 0 Å². The number of aromatic nitrogens is 4. The monoisotopic (exact) mass is 285 g/mol. The second kappa shape index (κ2) is 6.58. The predicted octanol–water partition coefficient (Wildman–Crippen LogP) is 1.46. The molecule has 5 nitrogen and oxygen atoms in total. The molecule has 2 aromatic rings. The first-order valence-corrected chi connectivity index (χ1v) is 6.66. The zero-order chi connectivity index (χ0) is 13.7. The third-order valence-electron chi connectivity index (χ3n) is 2.44. The Kier molecular flexibility index (Phi) is 4.80. The molecule has 0 bridgehead atoms. The lowest BCUT2D eigenvalue weighted by atomic mass is 10.2. The van der Waals surface area contributed by atoms with Crippen LogP contribution in [-0.2, 0) is 12.3 Å². The van der Waals surface area contributed by atoms with E-state index in [-0.39, 0.29) is 5.75 Å². The van der Waals surface area contributed by atoms with Gasteiger partial charge >= 0.3 is 0 Å². The van der Waals surface area contributed by atoms with E-state index in [9.17, 15) is 8.78 Å². The van der Waals surface area contributed by atoms with E-state index in [1.165, 1.54) is 17.8 Å². The number of tetrazole rings is 1. The number of hydrogen-bond donors (Lipinski definition) is 1. The highest BCUT2D eigenvalue weighted by Gasteiger charge is 2.09. The lowest BCUT2D eigenvalue weighted by Crippen LogP contribution is -2.16. The normalized spacial score (nSPS) is 10.9. The van der Waals surface area contributed by atoms with Gasteiger partial charge < -0.3 is 5.32 Å². The minimum absolute atomic E-state index is 0.281. The highest BCUT2D eigenvalue weighted by Crippen LogP contribution is 2.22. The molecule has 1 aromatic carbocycles. The van der Waals surface area contributed by atoms with Crippen molar-refractivity contribution in [3.05, 3.63) is 35.4 Å². The summed E-state index contributed by atoms with van der Waals surface area (Å²) >= 11 is 1.27. The molecule has 19 heavy (non-hydrogen) atoms. The van der Waals surface area contributed by atoms with E-state index in [0.29, 0.717) is 17.3 Å². The Bertz CT molecular complexity index is 546. The topological polar surface area (TPSA) is 55.6 Å². The van der Waals surface area contributed by atoms with Crippen LogP contribution in [0.5, 0.6) is 0 Å². The first-order chi connectivity index (χ1) is 9.20. The minimum atomic E-state index is -0.452. The van der Waals surface area contributed by atoms with Crippen LogP contribution in [0.2, 0.25) is 0 Å². The van der Waals surface area contributed by atoms with E-state index >= 15 is 0 Å². The van der Waals surface area contributed by atoms with Crippen molar-refractivity contribution in [3.63, 3.8) is 0 Å². The molecule has 0 saturated carbocycles. The SMILES string of the molecule is CNCCn1nnnc1SCc1cc(F)ccc1F. The molecule has 102 valence electrons. The van der Waals surface area contributed by atoms with E-state index in [1.807, 2.05) is 7.05 Å². The van der Waals surface area contributed by atoms with Crippen LogP contribution in [0.15, 0.2) is 23.4 Å². The molecule has 0 aliphatic carbocycles. The molecule has 0 atom stereocenters. The standard InChI is InChI=1S/C11H13F2N5S/c1-14-4-5-18-11(15-16-17-18)19-7-8-6-9(12)2-3-10(8)13/h2-3,6,14H,4-5,7H2,1H3. The van der Waals surface area contributed by atoms with Crippen LogP contribution in [0, 0.1) is 11.6 Å². The maximum Gasteiger partial charge on any atom is 0.209 e. The van der Waals surface area contributed by atoms with Gasteiger partial charge in [-0.1, -0.05) is 11.8 Å². The van der Waals surface area contributed by atoms with Crippen molar-refractivity contribution in [2.45, 2.75) is 17.5 Å². The van der Waals surface area contributed by atoms with Crippen molar-refractivity contribution in [3.8, 4) is 0 Å². The second-order valence-corrected chi connectivity index (χ2v) is 4.76. The van der Waals surface area contributed by atoms with E-state index in [1.54, 1.807) is 4.68 Å². The van der Waals surface area contributed by atoms with Crippen LogP contribution in [-0.4, -0.2) is 33.8 Å². The Morgan fingerprint density at radius 1 is 1.37 bits per heavy atom. The number of rotatable bonds is 6. The Balaban J connectivity index is 2.02. The summed E-state index contributed by atoms with van der Waals surface area (Å²) in [4.78, 5) is 0. The lowest BCUT2D eigenvalue weighted by Gasteiger charge is -2.04. The summed E-state index contributed by atoms with van der Waals surface area (Å²) in [5, 5.41) is 14.8. The highest BCUT2D eigenvalue weighted by molar-refractivity contribution is 7.98. The zero-order valence-electron chi connectivity index (χ0n) is 10.3. The highest BCUT2D eigenvalue weighted by atomic mass is 32.2. The second-order valence-electron chi connectivity index (χ2n) is 3.81. The van der Waals surface area contributed by atoms with E-state index in [4.69, 9.17) is 0 Å². The van der Waals surface area contributed by atoms with Crippen molar-refractivity contribution in [2.75, 3.05) is 13.6 Å². The van der Waals surface area contributed by atoms with Crippen LogP contribution in [0.4, 0.5) is 8.78 Å². The first kappa shape index (κ1) is 13.9. The molecule has 0 unspecified atom stereocenters. The van der Waals surface area contributed by atoms with Crippen molar-refractivity contribution in [2.24, 2.45) is 0 Å². The molecule has 0 amide bonds. The molecular formula is C11H13F2N5S.